The van der Waals surface area contributed by atoms with Gasteiger partial charge >= 0.3 is 11.9 Å². The number of amides is 2. The fraction of sp³-hybridized carbons (Fsp3) is 0.455. The Hall–Kier alpha value is -3.68. The molecule has 0 saturated carbocycles. The number of nitrogens with one attached hydrogen (secondary N) is 4. The first-order valence-electron chi connectivity index (χ1n) is 15.2. The van der Waals surface area contributed by atoms with Crippen molar-refractivity contribution >= 4 is 61.2 Å². The highest BCUT2D eigenvalue weighted by Crippen LogP contribution is 2.38. The number of thiol groups is 2. The largest absolute Gasteiger partial charge is 0.481 e. The van der Waals surface area contributed by atoms with Gasteiger partial charge in [-0.15, -0.1) is 0 Å². The van der Waals surface area contributed by atoms with Crippen LogP contribution in [0.1, 0.15) is 75.1 Å². The molecule has 46 heavy (non-hydrogen) atoms. The number of aliphatic hydroxyl groups excluding tert-OH is 1. The minimum absolute atomic E-state index is 0.0972. The summed E-state index contributed by atoms with van der Waals surface area (Å²) in [5.41, 5.74) is 5.98. The van der Waals surface area contributed by atoms with Crippen LogP contribution in [-0.4, -0.2) is 67.9 Å². The van der Waals surface area contributed by atoms with Gasteiger partial charge in [-0.2, -0.15) is 25.3 Å². The molecular weight excluding hydrogens is 629 g/mol. The van der Waals surface area contributed by atoms with E-state index in [1.165, 1.54) is 11.5 Å². The Labute approximate surface area is 279 Å². The van der Waals surface area contributed by atoms with Gasteiger partial charge in [0.2, 0.25) is 5.91 Å². The highest BCUT2D eigenvalue weighted by molar-refractivity contribution is 7.83. The molecule has 3 aliphatic rings. The Morgan fingerprint density at radius 1 is 1.02 bits per heavy atom. The number of carboxylic acid groups (broad SMARTS) is 2. The number of aromatic amines is 1. The molecule has 0 aliphatic carbocycles. The second-order valence-corrected chi connectivity index (χ2v) is 12.8. The third-order valence-electron chi connectivity index (χ3n) is 9.43. The summed E-state index contributed by atoms with van der Waals surface area (Å²) in [5.74, 6) is -2.30. The molecule has 0 radical (unpaired) electrons. The van der Waals surface area contributed by atoms with Crippen LogP contribution in [0.25, 0.3) is 12.2 Å². The van der Waals surface area contributed by atoms with Crippen LogP contribution in [0.15, 0.2) is 45.5 Å². The molecule has 1 fully saturated rings. The van der Waals surface area contributed by atoms with Gasteiger partial charge in [0.05, 0.1) is 17.8 Å². The van der Waals surface area contributed by atoms with E-state index in [-0.39, 0.29) is 48.6 Å². The van der Waals surface area contributed by atoms with Crippen molar-refractivity contribution in [2.24, 2.45) is 11.8 Å². The smallest absolute Gasteiger partial charge is 0.328 e. The molecule has 248 valence electrons. The minimum Gasteiger partial charge on any atom is -0.481 e. The zero-order valence-corrected chi connectivity index (χ0v) is 28.0. The lowest BCUT2D eigenvalue weighted by molar-refractivity contribution is -0.137. The minimum atomic E-state index is -1.14. The first-order valence-corrected chi connectivity index (χ1v) is 16.4. The molecule has 7 N–H and O–H groups in total. The van der Waals surface area contributed by atoms with Gasteiger partial charge < -0.3 is 36.3 Å². The third-order valence-corrected chi connectivity index (χ3v) is 9.83. The van der Waals surface area contributed by atoms with E-state index in [9.17, 15) is 34.5 Å². The Bertz CT molecular complexity index is 1570. The van der Waals surface area contributed by atoms with Gasteiger partial charge in [-0.3, -0.25) is 14.4 Å². The molecule has 11 nitrogen and oxygen atoms in total. The summed E-state index contributed by atoms with van der Waals surface area (Å²) >= 11 is 8.45. The maximum Gasteiger partial charge on any atom is 0.328 e. The molecule has 3 aliphatic heterocycles. The van der Waals surface area contributed by atoms with Gasteiger partial charge in [-0.25, -0.2) is 4.79 Å². The number of H-pyrrole nitrogens is 1. The number of carbonyl (C=O) groups excluding carboxylic acids is 2. The van der Waals surface area contributed by atoms with Crippen LogP contribution in [0.5, 0.6) is 0 Å². The van der Waals surface area contributed by atoms with Gasteiger partial charge in [0, 0.05) is 47.0 Å². The van der Waals surface area contributed by atoms with Crippen LogP contribution in [0.4, 0.5) is 0 Å². The highest BCUT2D eigenvalue weighted by Gasteiger charge is 2.43. The standard InChI is InChI=1S/C33H42N4O7S2/c1-15-19(5-7-27(38)39)25(34-23(15)13-24-16(2)22(10-12-46)33(44)36-24)14-26-20(6-8-28(40)41)17(3)29(35-26)31(42)30-21(9-11-45)18(4)32(43)37-30/h6,8,10,12,14,18,21,23-24,30-31,34-35,42,45-46H,5,7,9,11,13H2,1-4H3,(H,36,44)(H,37,43)(H,38,39)(H,40,41)/b8-6-,12-10+,25-14+/t18-,21-,23?,24-,30?,31+/m1/s1. The van der Waals surface area contributed by atoms with E-state index in [0.717, 1.165) is 22.8 Å². The van der Waals surface area contributed by atoms with Crippen LogP contribution in [0.2, 0.25) is 0 Å². The molecule has 0 aromatic carbocycles. The van der Waals surface area contributed by atoms with E-state index >= 15 is 0 Å². The maximum absolute atomic E-state index is 12.6. The number of hydrogen-bond donors (Lipinski definition) is 9. The lowest BCUT2D eigenvalue weighted by atomic mass is 9.85. The van der Waals surface area contributed by atoms with Gasteiger partial charge in [0.15, 0.2) is 0 Å². The molecule has 2 unspecified atom stereocenters. The highest BCUT2D eigenvalue weighted by atomic mass is 32.1. The second kappa shape index (κ2) is 14.8. The van der Waals surface area contributed by atoms with Crippen LogP contribution < -0.4 is 16.0 Å². The SMILES string of the molecule is CC1=C(CCC(=O)O)/C(=C\c2[nH]c([C@H](O)C3NC(=O)[C@H](C)[C@H]3CCS)c(C)c2/C=C\C(=O)O)NC1C[C@H]1NC(=O)C(/C=C/S)=C1C. The molecule has 1 aromatic heterocycles. The zero-order valence-electron chi connectivity index (χ0n) is 26.3. The van der Waals surface area contributed by atoms with E-state index in [1.54, 1.807) is 19.1 Å². The first kappa shape index (κ1) is 35.2. The molecule has 0 spiro atoms. The van der Waals surface area contributed by atoms with Crippen molar-refractivity contribution in [2.45, 2.75) is 77.6 Å². The number of carbonyl (C=O) groups is 4. The molecule has 2 amide bonds. The van der Waals surface area contributed by atoms with Gasteiger partial charge in [0.25, 0.3) is 5.91 Å². The second-order valence-electron chi connectivity index (χ2n) is 12.1. The summed E-state index contributed by atoms with van der Waals surface area (Å²) in [7, 11) is 0. The Morgan fingerprint density at radius 3 is 2.35 bits per heavy atom. The van der Waals surface area contributed by atoms with Crippen molar-refractivity contribution < 1.29 is 34.5 Å². The fourth-order valence-electron chi connectivity index (χ4n) is 6.75. The molecule has 13 heteroatoms. The van der Waals surface area contributed by atoms with Crippen LogP contribution in [-0.2, 0) is 19.2 Å². The topological polar surface area (TPSA) is 181 Å². The van der Waals surface area contributed by atoms with Crippen LogP contribution in [0, 0.1) is 18.8 Å². The molecule has 1 aromatic rings. The predicted molar refractivity (Wildman–Crippen MR) is 182 cm³/mol. The normalized spacial score (nSPS) is 26.5. The van der Waals surface area contributed by atoms with E-state index in [0.29, 0.717) is 52.4 Å². The summed E-state index contributed by atoms with van der Waals surface area (Å²) < 4.78 is 0. The van der Waals surface area contributed by atoms with Crippen molar-refractivity contribution in [1.29, 1.82) is 0 Å². The number of aliphatic carboxylic acids is 2. The zero-order chi connectivity index (χ0) is 33.9. The lowest BCUT2D eigenvalue weighted by Crippen LogP contribution is -2.36. The molecule has 6 atom stereocenters. The van der Waals surface area contributed by atoms with Crippen molar-refractivity contribution in [3.63, 3.8) is 0 Å². The monoisotopic (exact) mass is 670 g/mol. The van der Waals surface area contributed by atoms with Crippen molar-refractivity contribution in [1.82, 2.24) is 20.9 Å². The van der Waals surface area contributed by atoms with Crippen molar-refractivity contribution in [2.75, 3.05) is 5.75 Å². The summed E-state index contributed by atoms with van der Waals surface area (Å²) in [5, 5.41) is 41.4. The quantitative estimate of drug-likeness (QED) is 0.113. The Kier molecular flexibility index (Phi) is 11.3. The number of allylic oxidation sites excluding steroid dienone is 1. The van der Waals surface area contributed by atoms with Gasteiger partial charge in [-0.1, -0.05) is 6.92 Å². The van der Waals surface area contributed by atoms with E-state index in [2.05, 4.69) is 46.2 Å². The van der Waals surface area contributed by atoms with Gasteiger partial charge in [-0.05, 0) is 97.6 Å². The molecule has 4 heterocycles. The lowest BCUT2D eigenvalue weighted by Gasteiger charge is -2.25. The van der Waals surface area contributed by atoms with E-state index in [4.69, 9.17) is 0 Å². The van der Waals surface area contributed by atoms with Crippen molar-refractivity contribution in [3.8, 4) is 0 Å². The Morgan fingerprint density at radius 2 is 1.72 bits per heavy atom. The van der Waals surface area contributed by atoms with E-state index in [1.807, 2.05) is 20.8 Å². The van der Waals surface area contributed by atoms with Crippen LogP contribution in [0.3, 0.4) is 0 Å². The van der Waals surface area contributed by atoms with Crippen LogP contribution >= 0.6 is 25.3 Å². The summed E-state index contributed by atoms with van der Waals surface area (Å²) in [6.07, 6.45) is 6.13. The molecule has 0 bridgehead atoms. The number of aromatic nitrogens is 1. The third kappa shape index (κ3) is 7.31. The predicted octanol–water partition coefficient (Wildman–Crippen LogP) is 3.67. The van der Waals surface area contributed by atoms with Crippen molar-refractivity contribution in [3.05, 3.63) is 68.1 Å². The fourth-order valence-corrected chi connectivity index (χ4v) is 7.20. The molecule has 4 rings (SSSR count). The summed E-state index contributed by atoms with van der Waals surface area (Å²) in [6, 6.07) is -1.02. The number of rotatable bonds is 13. The van der Waals surface area contributed by atoms with Gasteiger partial charge in [0.1, 0.15) is 6.10 Å². The summed E-state index contributed by atoms with van der Waals surface area (Å²) in [4.78, 5) is 51.5. The molecule has 1 saturated heterocycles. The average molecular weight is 671 g/mol. The Balaban J connectivity index is 1.74. The van der Waals surface area contributed by atoms with E-state index < -0.39 is 24.1 Å². The average Bonchev–Trinajstić information content (AvgIpc) is 3.65. The number of hydrogen-bond acceptors (Lipinski definition) is 8. The number of aliphatic hydroxyl groups is 1. The maximum atomic E-state index is 12.6. The number of carboxylic acids is 2. The summed E-state index contributed by atoms with van der Waals surface area (Å²) in [6.45, 7) is 7.44. The first-order chi connectivity index (χ1) is 21.8. The molecular formula is C33H42N4O7S2.